The van der Waals surface area contributed by atoms with E-state index in [4.69, 9.17) is 5.11 Å². The molecule has 76 valence electrons. The van der Waals surface area contributed by atoms with Crippen LogP contribution in [0.15, 0.2) is 18.2 Å². The molecule has 0 heterocycles. The quantitative estimate of drug-likeness (QED) is 0.802. The molecule has 1 atom stereocenters. The lowest BCUT2D eigenvalue weighted by Gasteiger charge is -2.15. The average Bonchev–Trinajstić information content (AvgIpc) is 2.01. The minimum atomic E-state index is -2.79. The van der Waals surface area contributed by atoms with E-state index in [0.717, 1.165) is 6.92 Å². The number of carbonyl (C=O) groups is 1. The van der Waals surface area contributed by atoms with Crippen LogP contribution in [0.3, 0.4) is 0 Å². The second-order valence-electron chi connectivity index (χ2n) is 2.97. The minimum Gasteiger partial charge on any atom is -0.479 e. The van der Waals surface area contributed by atoms with Crippen LogP contribution in [0.1, 0.15) is 12.5 Å². The highest BCUT2D eigenvalue weighted by Crippen LogP contribution is 2.26. The molecular formula is C9H7F3O2. The van der Waals surface area contributed by atoms with E-state index in [0.29, 0.717) is 18.2 Å². The van der Waals surface area contributed by atoms with E-state index in [2.05, 4.69) is 0 Å². The van der Waals surface area contributed by atoms with E-state index in [1.54, 1.807) is 0 Å². The molecule has 1 aromatic rings. The zero-order valence-corrected chi connectivity index (χ0v) is 7.22. The molecular weight excluding hydrogens is 197 g/mol. The summed E-state index contributed by atoms with van der Waals surface area (Å²) in [5, 5.41) is 8.46. The van der Waals surface area contributed by atoms with Gasteiger partial charge in [-0.25, -0.2) is 18.0 Å². The largest absolute Gasteiger partial charge is 0.479 e. The molecule has 0 aliphatic carbocycles. The molecule has 2 nitrogen and oxygen atoms in total. The van der Waals surface area contributed by atoms with Crippen LogP contribution in [0.4, 0.5) is 13.2 Å². The predicted octanol–water partition coefficient (Wildman–Crippen LogP) is 2.23. The van der Waals surface area contributed by atoms with E-state index in [9.17, 15) is 18.0 Å². The van der Waals surface area contributed by atoms with Gasteiger partial charge in [0.05, 0.1) is 0 Å². The van der Waals surface area contributed by atoms with E-state index in [-0.39, 0.29) is 0 Å². The van der Waals surface area contributed by atoms with Crippen LogP contribution in [0.2, 0.25) is 0 Å². The molecule has 0 saturated heterocycles. The molecule has 1 N–H and O–H groups in total. The maximum atomic E-state index is 13.4. The molecule has 1 unspecified atom stereocenters. The lowest BCUT2D eigenvalue weighted by Crippen LogP contribution is -2.27. The van der Waals surface area contributed by atoms with Crippen LogP contribution < -0.4 is 0 Å². The Labute approximate surface area is 78.0 Å². The molecule has 0 aliphatic rings. The van der Waals surface area contributed by atoms with Crippen LogP contribution in [0.5, 0.6) is 0 Å². The van der Waals surface area contributed by atoms with Gasteiger partial charge in [-0.2, -0.15) is 0 Å². The molecule has 0 fully saturated rings. The van der Waals surface area contributed by atoms with Crippen LogP contribution >= 0.6 is 0 Å². The second kappa shape index (κ2) is 3.32. The first-order chi connectivity index (χ1) is 6.34. The van der Waals surface area contributed by atoms with Crippen molar-refractivity contribution in [2.24, 2.45) is 0 Å². The van der Waals surface area contributed by atoms with E-state index < -0.39 is 28.8 Å². The van der Waals surface area contributed by atoms with Crippen LogP contribution in [0.25, 0.3) is 0 Å². The normalized spacial score (nSPS) is 14.9. The Morgan fingerprint density at radius 2 is 1.71 bits per heavy atom. The summed E-state index contributed by atoms with van der Waals surface area (Å²) in [7, 11) is 0. The Bertz CT molecular complexity index is 354. The molecule has 14 heavy (non-hydrogen) atoms. The standard InChI is InChI=1S/C9H7F3O2/c1-9(12,8(13)14)5-2-6(10)4-7(11)3-5/h2-4H,1H3,(H,13,14). The molecule has 1 rings (SSSR count). The van der Waals surface area contributed by atoms with Gasteiger partial charge < -0.3 is 5.11 Å². The number of carboxylic acid groups (broad SMARTS) is 1. The van der Waals surface area contributed by atoms with Gasteiger partial charge in [0, 0.05) is 11.6 Å². The van der Waals surface area contributed by atoms with E-state index in [1.165, 1.54) is 0 Å². The van der Waals surface area contributed by atoms with Gasteiger partial charge in [0.1, 0.15) is 11.6 Å². The number of halogens is 3. The van der Waals surface area contributed by atoms with Gasteiger partial charge >= 0.3 is 5.97 Å². The van der Waals surface area contributed by atoms with Crippen molar-refractivity contribution < 1.29 is 23.1 Å². The Morgan fingerprint density at radius 1 is 1.29 bits per heavy atom. The van der Waals surface area contributed by atoms with Crippen LogP contribution in [-0.2, 0) is 10.5 Å². The van der Waals surface area contributed by atoms with Gasteiger partial charge in [-0.3, -0.25) is 0 Å². The molecule has 0 aromatic heterocycles. The molecule has 0 bridgehead atoms. The van der Waals surface area contributed by atoms with Gasteiger partial charge in [-0.1, -0.05) is 0 Å². The maximum absolute atomic E-state index is 13.4. The summed E-state index contributed by atoms with van der Waals surface area (Å²) >= 11 is 0. The highest BCUT2D eigenvalue weighted by Gasteiger charge is 2.35. The van der Waals surface area contributed by atoms with Gasteiger partial charge in [-0.05, 0) is 19.1 Å². The lowest BCUT2D eigenvalue weighted by atomic mass is 9.98. The van der Waals surface area contributed by atoms with Crippen molar-refractivity contribution >= 4 is 5.97 Å². The fraction of sp³-hybridized carbons (Fsp3) is 0.222. The number of alkyl halides is 1. The van der Waals surface area contributed by atoms with Crippen molar-refractivity contribution in [1.82, 2.24) is 0 Å². The van der Waals surface area contributed by atoms with Crippen molar-refractivity contribution in [3.8, 4) is 0 Å². The molecule has 0 aliphatic heterocycles. The molecule has 1 aromatic carbocycles. The first-order valence-corrected chi connectivity index (χ1v) is 3.73. The highest BCUT2D eigenvalue weighted by molar-refractivity contribution is 5.78. The number of carboxylic acids is 1. The highest BCUT2D eigenvalue weighted by atomic mass is 19.1. The first-order valence-electron chi connectivity index (χ1n) is 3.73. The second-order valence-corrected chi connectivity index (χ2v) is 2.97. The minimum absolute atomic E-state index is 0.543. The van der Waals surface area contributed by atoms with Crippen molar-refractivity contribution in [2.75, 3.05) is 0 Å². The smallest absolute Gasteiger partial charge is 0.345 e. The predicted molar refractivity (Wildman–Crippen MR) is 42.5 cm³/mol. The summed E-state index contributed by atoms with van der Waals surface area (Å²) in [4.78, 5) is 10.4. The lowest BCUT2D eigenvalue weighted by molar-refractivity contribution is -0.150. The maximum Gasteiger partial charge on any atom is 0.345 e. The van der Waals surface area contributed by atoms with Crippen molar-refractivity contribution in [3.63, 3.8) is 0 Å². The third-order valence-corrected chi connectivity index (χ3v) is 1.81. The summed E-state index contributed by atoms with van der Waals surface area (Å²) in [6.07, 6.45) is 0. The van der Waals surface area contributed by atoms with E-state index >= 15 is 0 Å². The third-order valence-electron chi connectivity index (χ3n) is 1.81. The van der Waals surface area contributed by atoms with Crippen molar-refractivity contribution in [2.45, 2.75) is 12.6 Å². The van der Waals surface area contributed by atoms with Gasteiger partial charge in [0.2, 0.25) is 5.67 Å². The van der Waals surface area contributed by atoms with Crippen molar-refractivity contribution in [1.29, 1.82) is 0 Å². The first kappa shape index (κ1) is 10.6. The Hall–Kier alpha value is -1.52. The van der Waals surface area contributed by atoms with Crippen LogP contribution in [-0.4, -0.2) is 11.1 Å². The number of benzene rings is 1. The summed E-state index contributed by atoms with van der Waals surface area (Å²) in [6, 6.07) is 1.84. The van der Waals surface area contributed by atoms with Crippen LogP contribution in [0, 0.1) is 11.6 Å². The van der Waals surface area contributed by atoms with Gasteiger partial charge in [-0.15, -0.1) is 0 Å². The zero-order chi connectivity index (χ0) is 10.9. The summed E-state index contributed by atoms with van der Waals surface area (Å²) < 4.78 is 38.6. The molecule has 5 heteroatoms. The SMILES string of the molecule is CC(F)(C(=O)O)c1cc(F)cc(F)c1. The van der Waals surface area contributed by atoms with Gasteiger partial charge in [0.25, 0.3) is 0 Å². The Morgan fingerprint density at radius 3 is 2.07 bits per heavy atom. The monoisotopic (exact) mass is 204 g/mol. The number of hydrogen-bond donors (Lipinski definition) is 1. The fourth-order valence-corrected chi connectivity index (χ4v) is 0.948. The Kier molecular flexibility index (Phi) is 2.51. The molecule has 0 saturated carbocycles. The molecule has 0 amide bonds. The number of hydrogen-bond acceptors (Lipinski definition) is 1. The van der Waals surface area contributed by atoms with E-state index in [1.807, 2.05) is 0 Å². The third kappa shape index (κ3) is 1.86. The number of rotatable bonds is 2. The summed E-state index contributed by atoms with van der Waals surface area (Å²) in [6.45, 7) is 0.726. The Balaban J connectivity index is 3.25. The summed E-state index contributed by atoms with van der Waals surface area (Å²) in [5.74, 6) is -3.81. The fourth-order valence-electron chi connectivity index (χ4n) is 0.948. The van der Waals surface area contributed by atoms with Crippen molar-refractivity contribution in [3.05, 3.63) is 35.4 Å². The molecule has 0 spiro atoms. The number of aliphatic carboxylic acids is 1. The van der Waals surface area contributed by atoms with Gasteiger partial charge in [0.15, 0.2) is 0 Å². The average molecular weight is 204 g/mol. The molecule has 0 radical (unpaired) electrons. The zero-order valence-electron chi connectivity index (χ0n) is 7.22. The topological polar surface area (TPSA) is 37.3 Å². The summed E-state index contributed by atoms with van der Waals surface area (Å²) in [5.41, 5.74) is -3.34.